The molecule has 1 rings (SSSR count). The van der Waals surface area contributed by atoms with Crippen LogP contribution in [0.4, 0.5) is 0 Å². The Balaban J connectivity index is 2.45. The zero-order valence-corrected chi connectivity index (χ0v) is 11.5. The second-order valence-electron chi connectivity index (χ2n) is 4.65. The molecule has 1 radical (unpaired) electrons. The van der Waals surface area contributed by atoms with Gasteiger partial charge in [-0.3, -0.25) is 4.79 Å². The van der Waals surface area contributed by atoms with Crippen molar-refractivity contribution in [3.8, 4) is 12.3 Å². The molecule has 1 aliphatic rings. The van der Waals surface area contributed by atoms with Crippen molar-refractivity contribution in [1.82, 2.24) is 0 Å². The van der Waals surface area contributed by atoms with Crippen LogP contribution in [0, 0.1) is 18.8 Å². The van der Waals surface area contributed by atoms with Crippen molar-refractivity contribution in [2.45, 2.75) is 56.8 Å². The Hall–Kier alpha value is -0.460. The molecule has 1 fully saturated rings. The van der Waals surface area contributed by atoms with Crippen molar-refractivity contribution in [1.29, 1.82) is 0 Å². The molecule has 17 heavy (non-hydrogen) atoms. The van der Waals surface area contributed by atoms with Crippen LogP contribution in [0.15, 0.2) is 0 Å². The third-order valence-electron chi connectivity index (χ3n) is 3.10. The molecule has 0 aromatic heterocycles. The fourth-order valence-corrected chi connectivity index (χ4v) is 3.23. The lowest BCUT2D eigenvalue weighted by Gasteiger charge is -2.28. The first-order valence-electron chi connectivity index (χ1n) is 6.25. The molecule has 0 bridgehead atoms. The minimum absolute atomic E-state index is 0.116. The first-order chi connectivity index (χ1) is 8.12. The standard InChI is InChI=1S/C14H21O2S/c1-4-6-7-8-9-14(3)12(16-10-5-2)11-13(15)17-14/h2,11-12H,4,6-10H2,1,3H3/t12?,14-/m1/s1. The monoisotopic (exact) mass is 253 g/mol. The number of carbonyl (C=O) groups is 1. The Morgan fingerprint density at radius 1 is 1.53 bits per heavy atom. The van der Waals surface area contributed by atoms with E-state index in [1.807, 2.05) is 0 Å². The van der Waals surface area contributed by atoms with Crippen LogP contribution in [0.25, 0.3) is 0 Å². The highest BCUT2D eigenvalue weighted by molar-refractivity contribution is 8.15. The van der Waals surface area contributed by atoms with Crippen molar-refractivity contribution in [3.05, 3.63) is 6.42 Å². The normalized spacial score (nSPS) is 28.3. The fourth-order valence-electron chi connectivity index (χ4n) is 2.08. The SMILES string of the molecule is C#CCOC1[CH]C(=O)S[C@]1(C)CCCCCC. The van der Waals surface area contributed by atoms with E-state index in [-0.39, 0.29) is 22.6 Å². The van der Waals surface area contributed by atoms with E-state index in [2.05, 4.69) is 19.8 Å². The predicted molar refractivity (Wildman–Crippen MR) is 72.6 cm³/mol. The average molecular weight is 253 g/mol. The molecule has 0 aliphatic carbocycles. The quantitative estimate of drug-likeness (QED) is 0.515. The van der Waals surface area contributed by atoms with Gasteiger partial charge in [-0.25, -0.2) is 0 Å². The lowest BCUT2D eigenvalue weighted by molar-refractivity contribution is -0.108. The van der Waals surface area contributed by atoms with E-state index in [1.165, 1.54) is 31.0 Å². The van der Waals surface area contributed by atoms with Gasteiger partial charge in [-0.05, 0) is 13.3 Å². The molecule has 2 nitrogen and oxygen atoms in total. The van der Waals surface area contributed by atoms with Gasteiger partial charge in [0.2, 0.25) is 0 Å². The summed E-state index contributed by atoms with van der Waals surface area (Å²) in [5.74, 6) is 2.46. The molecule has 1 heterocycles. The van der Waals surface area contributed by atoms with E-state index >= 15 is 0 Å². The minimum Gasteiger partial charge on any atom is -0.363 e. The van der Waals surface area contributed by atoms with Crippen LogP contribution < -0.4 is 0 Å². The Labute approximate surface area is 109 Å². The first-order valence-corrected chi connectivity index (χ1v) is 7.07. The van der Waals surface area contributed by atoms with Gasteiger partial charge in [0.1, 0.15) is 6.61 Å². The Kier molecular flexibility index (Phi) is 6.08. The summed E-state index contributed by atoms with van der Waals surface area (Å²) in [6.07, 6.45) is 12.6. The number of thioether (sulfide) groups is 1. The van der Waals surface area contributed by atoms with Gasteiger partial charge >= 0.3 is 0 Å². The molecule has 95 valence electrons. The summed E-state index contributed by atoms with van der Waals surface area (Å²) in [5.41, 5.74) is 0. The van der Waals surface area contributed by atoms with Gasteiger partial charge in [0, 0.05) is 4.75 Å². The van der Waals surface area contributed by atoms with E-state index in [1.54, 1.807) is 6.42 Å². The van der Waals surface area contributed by atoms with Crippen molar-refractivity contribution < 1.29 is 9.53 Å². The van der Waals surface area contributed by atoms with Gasteiger partial charge in [-0.2, -0.15) is 0 Å². The van der Waals surface area contributed by atoms with E-state index in [9.17, 15) is 4.79 Å². The van der Waals surface area contributed by atoms with Crippen molar-refractivity contribution in [2.75, 3.05) is 6.61 Å². The summed E-state index contributed by atoms with van der Waals surface area (Å²) >= 11 is 1.40. The van der Waals surface area contributed by atoms with Crippen LogP contribution in [0.2, 0.25) is 0 Å². The van der Waals surface area contributed by atoms with Crippen molar-refractivity contribution >= 4 is 16.9 Å². The largest absolute Gasteiger partial charge is 0.363 e. The maximum Gasteiger partial charge on any atom is 0.196 e. The molecule has 0 saturated carbocycles. The highest BCUT2D eigenvalue weighted by Crippen LogP contribution is 2.44. The van der Waals surface area contributed by atoms with E-state index < -0.39 is 0 Å². The number of carbonyl (C=O) groups excluding carboxylic acids is 1. The first kappa shape index (κ1) is 14.6. The highest BCUT2D eigenvalue weighted by Gasteiger charge is 2.44. The summed E-state index contributed by atoms with van der Waals surface area (Å²) in [4.78, 5) is 11.5. The topological polar surface area (TPSA) is 26.3 Å². The molecule has 0 N–H and O–H groups in total. The van der Waals surface area contributed by atoms with Crippen LogP contribution >= 0.6 is 11.8 Å². The third-order valence-corrected chi connectivity index (χ3v) is 4.34. The number of hydrogen-bond donors (Lipinski definition) is 0. The molecule has 0 aromatic carbocycles. The van der Waals surface area contributed by atoms with Gasteiger partial charge < -0.3 is 4.74 Å². The predicted octanol–water partition coefficient (Wildman–Crippen LogP) is 3.21. The van der Waals surface area contributed by atoms with E-state index in [0.29, 0.717) is 0 Å². The summed E-state index contributed by atoms with van der Waals surface area (Å²) < 4.78 is 5.44. The average Bonchev–Trinajstić information content (AvgIpc) is 2.57. The van der Waals surface area contributed by atoms with E-state index in [0.717, 1.165) is 12.8 Å². The molecule has 1 unspecified atom stereocenters. The lowest BCUT2D eigenvalue weighted by atomic mass is 9.94. The molecular weight excluding hydrogens is 232 g/mol. The summed E-state index contributed by atoms with van der Waals surface area (Å²) in [5, 5.41) is 0.116. The van der Waals surface area contributed by atoms with Gasteiger partial charge in [-0.1, -0.05) is 50.3 Å². The Bertz CT molecular complexity index is 295. The maximum absolute atomic E-state index is 11.5. The second kappa shape index (κ2) is 7.08. The van der Waals surface area contributed by atoms with Crippen LogP contribution in [0.1, 0.15) is 46.0 Å². The number of rotatable bonds is 7. The Morgan fingerprint density at radius 3 is 2.94 bits per heavy atom. The van der Waals surface area contributed by atoms with Crippen molar-refractivity contribution in [3.63, 3.8) is 0 Å². The Morgan fingerprint density at radius 2 is 2.29 bits per heavy atom. The molecule has 1 aliphatic heterocycles. The van der Waals surface area contributed by atoms with Gasteiger partial charge in [0.25, 0.3) is 0 Å². The molecule has 0 amide bonds. The highest BCUT2D eigenvalue weighted by atomic mass is 32.2. The molecule has 3 heteroatoms. The molecular formula is C14H21O2S. The zero-order valence-electron chi connectivity index (χ0n) is 10.7. The second-order valence-corrected chi connectivity index (χ2v) is 6.19. The van der Waals surface area contributed by atoms with Crippen LogP contribution in [-0.4, -0.2) is 22.6 Å². The number of unbranched alkanes of at least 4 members (excludes halogenated alkanes) is 3. The van der Waals surface area contributed by atoms with Crippen LogP contribution in [-0.2, 0) is 9.53 Å². The van der Waals surface area contributed by atoms with Crippen molar-refractivity contribution in [2.24, 2.45) is 0 Å². The lowest BCUT2D eigenvalue weighted by Crippen LogP contribution is -2.34. The summed E-state index contributed by atoms with van der Waals surface area (Å²) in [7, 11) is 0. The molecule has 2 atom stereocenters. The molecule has 0 aromatic rings. The maximum atomic E-state index is 11.5. The number of terminal acetylenes is 1. The van der Waals surface area contributed by atoms with E-state index in [4.69, 9.17) is 11.2 Å². The van der Waals surface area contributed by atoms with Crippen LogP contribution in [0.3, 0.4) is 0 Å². The minimum atomic E-state index is -0.127. The third kappa shape index (κ3) is 4.37. The van der Waals surface area contributed by atoms with Gasteiger partial charge in [0.15, 0.2) is 5.12 Å². The number of ether oxygens (including phenoxy) is 1. The number of hydrogen-bond acceptors (Lipinski definition) is 3. The van der Waals surface area contributed by atoms with Gasteiger partial charge in [0.05, 0.1) is 12.5 Å². The molecule has 0 spiro atoms. The molecule has 1 saturated heterocycles. The zero-order chi connectivity index (χ0) is 12.7. The van der Waals surface area contributed by atoms with Crippen LogP contribution in [0.5, 0.6) is 0 Å². The fraction of sp³-hybridized carbons (Fsp3) is 0.714. The summed E-state index contributed by atoms with van der Waals surface area (Å²) in [6.45, 7) is 4.58. The van der Waals surface area contributed by atoms with Gasteiger partial charge in [-0.15, -0.1) is 6.42 Å². The smallest absolute Gasteiger partial charge is 0.196 e. The summed E-state index contributed by atoms with van der Waals surface area (Å²) in [6, 6.07) is 0.